The van der Waals surface area contributed by atoms with Crippen LogP contribution in [0.1, 0.15) is 58.3 Å². The van der Waals surface area contributed by atoms with Crippen molar-refractivity contribution in [2.24, 2.45) is 0 Å². The zero-order valence-electron chi connectivity index (χ0n) is 15.5. The Balaban J connectivity index is 3.04. The van der Waals surface area contributed by atoms with Gasteiger partial charge in [0, 0.05) is 20.7 Å². The fraction of sp³-hybridized carbons (Fsp3) is 0.944. The highest BCUT2D eigenvalue weighted by atomic mass is 16.5. The summed E-state index contributed by atoms with van der Waals surface area (Å²) < 4.78 is 16.1. The molecule has 1 amide bonds. The minimum atomic E-state index is -0.0290. The number of carbonyl (C=O) groups excluding carboxylic acids is 1. The number of likely N-dealkylation sites (N-methyl/N-ethyl adjacent to an activating group) is 1. The first-order chi connectivity index (χ1) is 11.2. The summed E-state index contributed by atoms with van der Waals surface area (Å²) in [7, 11) is 3.43. The molecular weight excluding hydrogens is 294 g/mol. The molecule has 23 heavy (non-hydrogen) atoms. The van der Waals surface area contributed by atoms with E-state index in [1.54, 1.807) is 14.1 Å². The van der Waals surface area contributed by atoms with E-state index in [-0.39, 0.29) is 12.5 Å². The Bertz CT molecular complexity index is 259. The smallest absolute Gasteiger partial charge is 0.248 e. The lowest BCUT2D eigenvalue weighted by Gasteiger charge is -2.10. The third kappa shape index (κ3) is 17.5. The van der Waals surface area contributed by atoms with Crippen molar-refractivity contribution in [2.75, 3.05) is 53.7 Å². The predicted octanol–water partition coefficient (Wildman–Crippen LogP) is 3.27. The van der Waals surface area contributed by atoms with Crippen LogP contribution < -0.4 is 0 Å². The first-order valence-corrected chi connectivity index (χ1v) is 9.11. The summed E-state index contributed by atoms with van der Waals surface area (Å²) >= 11 is 0. The summed E-state index contributed by atoms with van der Waals surface area (Å²) in [6, 6.07) is 0. The maximum atomic E-state index is 11.2. The Morgan fingerprint density at radius 2 is 1.17 bits per heavy atom. The molecule has 0 saturated heterocycles. The monoisotopic (exact) mass is 331 g/mol. The summed E-state index contributed by atoms with van der Waals surface area (Å²) in [6.45, 7) is 5.35. The minimum Gasteiger partial charge on any atom is -0.379 e. The van der Waals surface area contributed by atoms with Gasteiger partial charge in [-0.15, -0.1) is 0 Å². The fourth-order valence-electron chi connectivity index (χ4n) is 2.07. The summed E-state index contributed by atoms with van der Waals surface area (Å²) in [5.41, 5.74) is 0. The molecule has 0 rings (SSSR count). The molecule has 5 nitrogen and oxygen atoms in total. The van der Waals surface area contributed by atoms with Crippen molar-refractivity contribution in [3.63, 3.8) is 0 Å². The largest absolute Gasteiger partial charge is 0.379 e. The van der Waals surface area contributed by atoms with Crippen molar-refractivity contribution < 1.29 is 19.0 Å². The maximum Gasteiger partial charge on any atom is 0.248 e. The van der Waals surface area contributed by atoms with E-state index in [0.717, 1.165) is 13.0 Å². The van der Waals surface area contributed by atoms with Crippen molar-refractivity contribution in [1.29, 1.82) is 0 Å². The van der Waals surface area contributed by atoms with Crippen LogP contribution in [0.5, 0.6) is 0 Å². The molecule has 0 heterocycles. The number of hydrogen-bond acceptors (Lipinski definition) is 4. The Labute approximate surface area is 142 Å². The molecule has 0 spiro atoms. The van der Waals surface area contributed by atoms with Crippen molar-refractivity contribution >= 4 is 5.91 Å². The number of rotatable bonds is 17. The van der Waals surface area contributed by atoms with Gasteiger partial charge in [0.25, 0.3) is 0 Å². The topological polar surface area (TPSA) is 48.0 Å². The second-order valence-electron chi connectivity index (χ2n) is 6.04. The van der Waals surface area contributed by atoms with Gasteiger partial charge in [-0.25, -0.2) is 0 Å². The van der Waals surface area contributed by atoms with E-state index in [0.29, 0.717) is 26.4 Å². The molecule has 0 aromatic carbocycles. The molecule has 0 bridgehead atoms. The first kappa shape index (κ1) is 22.4. The lowest BCUT2D eigenvalue weighted by Crippen LogP contribution is -2.27. The van der Waals surface area contributed by atoms with Crippen molar-refractivity contribution in [3.05, 3.63) is 0 Å². The molecule has 0 radical (unpaired) electrons. The molecule has 0 saturated carbocycles. The molecule has 0 unspecified atom stereocenters. The molecule has 0 atom stereocenters. The summed E-state index contributed by atoms with van der Waals surface area (Å²) in [5, 5.41) is 0. The first-order valence-electron chi connectivity index (χ1n) is 9.11. The fourth-order valence-corrected chi connectivity index (χ4v) is 2.07. The van der Waals surface area contributed by atoms with Crippen LogP contribution in [0.3, 0.4) is 0 Å². The van der Waals surface area contributed by atoms with Crippen molar-refractivity contribution in [1.82, 2.24) is 4.90 Å². The average Bonchev–Trinajstić information content (AvgIpc) is 2.54. The summed E-state index contributed by atoms with van der Waals surface area (Å²) in [5.74, 6) is -0.0290. The van der Waals surface area contributed by atoms with Gasteiger partial charge in [0.05, 0.1) is 26.4 Å². The molecule has 0 fully saturated rings. The maximum absolute atomic E-state index is 11.2. The second-order valence-corrected chi connectivity index (χ2v) is 6.04. The molecule has 138 valence electrons. The Kier molecular flexibility index (Phi) is 17.2. The van der Waals surface area contributed by atoms with Gasteiger partial charge in [-0.1, -0.05) is 51.9 Å². The molecule has 0 aliphatic carbocycles. The van der Waals surface area contributed by atoms with Crippen LogP contribution in [0.25, 0.3) is 0 Å². The normalized spacial score (nSPS) is 10.9. The molecule has 0 aromatic heterocycles. The van der Waals surface area contributed by atoms with Crippen LogP contribution in [0.15, 0.2) is 0 Å². The Morgan fingerprint density at radius 1 is 0.696 bits per heavy atom. The van der Waals surface area contributed by atoms with Crippen LogP contribution in [0.4, 0.5) is 0 Å². The Hall–Kier alpha value is -0.650. The molecule has 5 heteroatoms. The van der Waals surface area contributed by atoms with Gasteiger partial charge >= 0.3 is 0 Å². The number of nitrogens with zero attached hydrogens (tertiary/aromatic N) is 1. The van der Waals surface area contributed by atoms with E-state index in [2.05, 4.69) is 6.92 Å². The van der Waals surface area contributed by atoms with Crippen molar-refractivity contribution in [3.8, 4) is 0 Å². The highest BCUT2D eigenvalue weighted by molar-refractivity contribution is 5.76. The number of amides is 1. The van der Waals surface area contributed by atoms with E-state index in [9.17, 15) is 4.79 Å². The molecule has 0 N–H and O–H groups in total. The third-order valence-electron chi connectivity index (χ3n) is 3.61. The van der Waals surface area contributed by atoms with E-state index < -0.39 is 0 Å². The van der Waals surface area contributed by atoms with Gasteiger partial charge in [-0.05, 0) is 6.42 Å². The number of carbonyl (C=O) groups is 1. The minimum absolute atomic E-state index is 0.0290. The predicted molar refractivity (Wildman–Crippen MR) is 93.8 cm³/mol. The summed E-state index contributed by atoms with van der Waals surface area (Å²) in [6.07, 6.45) is 10.6. The number of hydrogen-bond donors (Lipinski definition) is 0. The van der Waals surface area contributed by atoms with Crippen LogP contribution in [-0.2, 0) is 19.0 Å². The number of unbranched alkanes of at least 4 members (excludes halogenated alkanes) is 7. The summed E-state index contributed by atoms with van der Waals surface area (Å²) in [4.78, 5) is 12.7. The molecule has 0 aromatic rings. The van der Waals surface area contributed by atoms with Crippen molar-refractivity contribution in [2.45, 2.75) is 58.3 Å². The van der Waals surface area contributed by atoms with Gasteiger partial charge in [0.15, 0.2) is 0 Å². The molecule has 0 aliphatic heterocycles. The zero-order valence-corrected chi connectivity index (χ0v) is 15.5. The SMILES string of the molecule is CCCCCCCCCCOCCOCCOCC(=O)N(C)C. The van der Waals surface area contributed by atoms with Gasteiger partial charge < -0.3 is 19.1 Å². The second kappa shape index (κ2) is 17.7. The van der Waals surface area contributed by atoms with Gasteiger partial charge in [-0.3, -0.25) is 4.79 Å². The zero-order chi connectivity index (χ0) is 17.2. The highest BCUT2D eigenvalue weighted by Crippen LogP contribution is 2.08. The lowest BCUT2D eigenvalue weighted by atomic mass is 10.1. The van der Waals surface area contributed by atoms with Crippen LogP contribution in [0, 0.1) is 0 Å². The van der Waals surface area contributed by atoms with Crippen LogP contribution >= 0.6 is 0 Å². The van der Waals surface area contributed by atoms with E-state index in [1.807, 2.05) is 0 Å². The van der Waals surface area contributed by atoms with Gasteiger partial charge in [0.1, 0.15) is 6.61 Å². The van der Waals surface area contributed by atoms with E-state index >= 15 is 0 Å². The number of ether oxygens (including phenoxy) is 3. The molecule has 0 aliphatic rings. The average molecular weight is 331 g/mol. The van der Waals surface area contributed by atoms with Gasteiger partial charge in [-0.2, -0.15) is 0 Å². The van der Waals surface area contributed by atoms with Crippen LogP contribution in [0.2, 0.25) is 0 Å². The third-order valence-corrected chi connectivity index (χ3v) is 3.61. The quantitative estimate of drug-likeness (QED) is 0.384. The lowest BCUT2D eigenvalue weighted by molar-refractivity contribution is -0.134. The molecular formula is C18H37NO4. The highest BCUT2D eigenvalue weighted by Gasteiger charge is 2.02. The van der Waals surface area contributed by atoms with E-state index in [4.69, 9.17) is 14.2 Å². The van der Waals surface area contributed by atoms with Gasteiger partial charge in [0.2, 0.25) is 5.91 Å². The Morgan fingerprint density at radius 3 is 1.74 bits per heavy atom. The van der Waals surface area contributed by atoms with Crippen LogP contribution in [-0.4, -0.2) is 64.5 Å². The standard InChI is InChI=1S/C18H37NO4/c1-4-5-6-7-8-9-10-11-12-21-13-14-22-15-16-23-17-18(20)19(2)3/h4-17H2,1-3H3. The van der Waals surface area contributed by atoms with E-state index in [1.165, 1.54) is 49.8 Å².